The molecule has 178 valence electrons. The van der Waals surface area contributed by atoms with E-state index in [1.54, 1.807) is 18.2 Å². The Morgan fingerprint density at radius 1 is 1.06 bits per heavy atom. The number of hydrogen-bond acceptors (Lipinski definition) is 6. The molecule has 3 aromatic carbocycles. The highest BCUT2D eigenvalue weighted by atomic mass is 32.2. The highest BCUT2D eigenvalue weighted by molar-refractivity contribution is 7.92. The minimum Gasteiger partial charge on any atom is -0.508 e. The number of nitrogens with zero attached hydrogens (tertiary/aromatic N) is 2. The third-order valence-electron chi connectivity index (χ3n) is 7.32. The number of sulfonamides is 1. The van der Waals surface area contributed by atoms with E-state index in [9.17, 15) is 23.6 Å². The normalized spacial score (nSPS) is 22.3. The lowest BCUT2D eigenvalue weighted by atomic mass is 9.77. The average molecular weight is 490 g/mol. The van der Waals surface area contributed by atoms with E-state index in [0.29, 0.717) is 24.9 Å². The van der Waals surface area contributed by atoms with Crippen molar-refractivity contribution in [2.75, 3.05) is 16.2 Å². The Bertz CT molecular complexity index is 1500. The molecule has 8 nitrogen and oxygen atoms in total. The summed E-state index contributed by atoms with van der Waals surface area (Å²) in [5.41, 5.74) is 3.76. The summed E-state index contributed by atoms with van der Waals surface area (Å²) in [6.45, 7) is 0.414. The number of nitro groups is 1. The third-order valence-corrected chi connectivity index (χ3v) is 9.13. The monoisotopic (exact) mass is 489 g/mol. The van der Waals surface area contributed by atoms with Crippen LogP contribution in [0.25, 0.3) is 0 Å². The van der Waals surface area contributed by atoms with Gasteiger partial charge in [0.25, 0.3) is 15.7 Å². The number of anilines is 2. The molecular weight excluding hydrogens is 466 g/mol. The Morgan fingerprint density at radius 2 is 1.89 bits per heavy atom. The maximum atomic E-state index is 13.6. The summed E-state index contributed by atoms with van der Waals surface area (Å²) in [6, 6.07) is 16.4. The van der Waals surface area contributed by atoms with Crippen LogP contribution in [0.1, 0.15) is 35.1 Å². The van der Waals surface area contributed by atoms with Gasteiger partial charge in [0.2, 0.25) is 0 Å². The number of rotatable bonds is 4. The van der Waals surface area contributed by atoms with Crippen LogP contribution in [0.15, 0.2) is 77.7 Å². The van der Waals surface area contributed by atoms with Crippen LogP contribution in [0.5, 0.6) is 5.75 Å². The molecule has 9 heteroatoms. The van der Waals surface area contributed by atoms with Gasteiger partial charge in [-0.25, -0.2) is 8.42 Å². The first-order valence-electron chi connectivity index (χ1n) is 11.5. The van der Waals surface area contributed by atoms with E-state index in [0.717, 1.165) is 22.5 Å². The van der Waals surface area contributed by atoms with Crippen molar-refractivity contribution in [1.29, 1.82) is 0 Å². The lowest BCUT2D eigenvalue weighted by Crippen LogP contribution is -2.31. The Labute approximate surface area is 202 Å². The van der Waals surface area contributed by atoms with Crippen molar-refractivity contribution in [3.63, 3.8) is 0 Å². The molecule has 0 aromatic heterocycles. The van der Waals surface area contributed by atoms with E-state index in [4.69, 9.17) is 0 Å². The van der Waals surface area contributed by atoms with E-state index in [1.165, 1.54) is 22.5 Å². The van der Waals surface area contributed by atoms with E-state index in [-0.39, 0.29) is 34.2 Å². The number of allylic oxidation sites excluding steroid dienone is 2. The van der Waals surface area contributed by atoms with Crippen LogP contribution in [0.2, 0.25) is 0 Å². The second-order valence-electron chi connectivity index (χ2n) is 9.18. The topological polar surface area (TPSA) is 113 Å². The SMILES string of the molecule is O=[N+]([O-])c1ccc(O)c(C2Nc3ccc(S(=O)(=O)N4CCc5ccccc54)cc3C3C=CCC32)c1. The van der Waals surface area contributed by atoms with Gasteiger partial charge >= 0.3 is 0 Å². The minimum atomic E-state index is -3.74. The third kappa shape index (κ3) is 3.37. The number of fused-ring (bicyclic) bond motifs is 4. The number of nitrogens with one attached hydrogen (secondary N) is 1. The first-order valence-corrected chi connectivity index (χ1v) is 12.9. The molecule has 1 aliphatic carbocycles. The molecule has 0 radical (unpaired) electrons. The summed E-state index contributed by atoms with van der Waals surface area (Å²) in [4.78, 5) is 11.1. The Kier molecular flexibility index (Phi) is 4.86. The molecule has 35 heavy (non-hydrogen) atoms. The molecule has 2 aliphatic heterocycles. The van der Waals surface area contributed by atoms with Gasteiger partial charge in [-0.15, -0.1) is 0 Å². The number of benzene rings is 3. The fourth-order valence-electron chi connectivity index (χ4n) is 5.63. The number of non-ortho nitro benzene ring substituents is 1. The van der Waals surface area contributed by atoms with Crippen LogP contribution in [-0.2, 0) is 16.4 Å². The molecule has 3 aliphatic rings. The summed E-state index contributed by atoms with van der Waals surface area (Å²) >= 11 is 0. The van der Waals surface area contributed by atoms with Crippen LogP contribution in [0, 0.1) is 16.0 Å². The van der Waals surface area contributed by atoms with Crippen LogP contribution < -0.4 is 9.62 Å². The molecule has 0 saturated carbocycles. The fraction of sp³-hybridized carbons (Fsp3) is 0.231. The molecule has 3 atom stereocenters. The maximum Gasteiger partial charge on any atom is 0.270 e. The highest BCUT2D eigenvalue weighted by Gasteiger charge is 2.40. The van der Waals surface area contributed by atoms with Crippen molar-refractivity contribution < 1.29 is 18.4 Å². The van der Waals surface area contributed by atoms with Gasteiger partial charge in [0.1, 0.15) is 5.75 Å². The van der Waals surface area contributed by atoms with Gasteiger partial charge in [0, 0.05) is 35.8 Å². The molecule has 0 spiro atoms. The standard InChI is InChI=1S/C26H23N3O5S/c30-25-11-8-17(29(31)32)14-22(25)26-20-6-3-5-19(20)21-15-18(9-10-23(21)27-26)35(33,34)28-13-12-16-4-1-2-7-24(16)28/h1-5,7-11,14-15,19-20,26-27,30H,6,12-13H2. The zero-order valence-corrected chi connectivity index (χ0v) is 19.5. The number of phenolic OH excluding ortho intramolecular Hbond substituents is 1. The van der Waals surface area contributed by atoms with Crippen LogP contribution in [0.3, 0.4) is 0 Å². The lowest BCUT2D eigenvalue weighted by Gasteiger charge is -2.38. The van der Waals surface area contributed by atoms with Crippen LogP contribution >= 0.6 is 0 Å². The zero-order valence-electron chi connectivity index (χ0n) is 18.7. The molecular formula is C26H23N3O5S. The van der Waals surface area contributed by atoms with E-state index in [2.05, 4.69) is 11.4 Å². The van der Waals surface area contributed by atoms with Gasteiger partial charge in [-0.2, -0.15) is 0 Å². The van der Waals surface area contributed by atoms with Gasteiger partial charge in [0.15, 0.2) is 0 Å². The summed E-state index contributed by atoms with van der Waals surface area (Å²) in [5.74, 6) is -0.0918. The summed E-state index contributed by atoms with van der Waals surface area (Å²) in [5, 5.41) is 25.3. The van der Waals surface area contributed by atoms with E-state index in [1.807, 2.05) is 30.3 Å². The first kappa shape index (κ1) is 21.7. The van der Waals surface area contributed by atoms with Gasteiger partial charge in [-0.3, -0.25) is 14.4 Å². The molecule has 2 N–H and O–H groups in total. The molecule has 2 heterocycles. The van der Waals surface area contributed by atoms with Crippen LogP contribution in [0.4, 0.5) is 17.1 Å². The second-order valence-corrected chi connectivity index (χ2v) is 11.0. The van der Waals surface area contributed by atoms with Crippen molar-refractivity contribution in [3.05, 3.63) is 99.6 Å². The Hall–Kier alpha value is -3.85. The molecule has 0 bridgehead atoms. The molecule has 3 unspecified atom stereocenters. The number of para-hydroxylation sites is 1. The maximum absolute atomic E-state index is 13.6. The first-order chi connectivity index (χ1) is 16.8. The molecule has 0 fully saturated rings. The van der Waals surface area contributed by atoms with E-state index < -0.39 is 14.9 Å². The molecule has 0 saturated heterocycles. The van der Waals surface area contributed by atoms with Crippen molar-refractivity contribution >= 4 is 27.1 Å². The summed E-state index contributed by atoms with van der Waals surface area (Å²) in [7, 11) is -3.74. The van der Waals surface area contributed by atoms with Gasteiger partial charge in [-0.1, -0.05) is 30.4 Å². The Morgan fingerprint density at radius 3 is 2.71 bits per heavy atom. The van der Waals surface area contributed by atoms with Crippen molar-refractivity contribution in [2.24, 2.45) is 5.92 Å². The number of phenols is 1. The molecule has 0 amide bonds. The molecule has 3 aromatic rings. The smallest absolute Gasteiger partial charge is 0.270 e. The van der Waals surface area contributed by atoms with Gasteiger partial charge < -0.3 is 10.4 Å². The average Bonchev–Trinajstić information content (AvgIpc) is 3.51. The number of hydrogen-bond donors (Lipinski definition) is 2. The summed E-state index contributed by atoms with van der Waals surface area (Å²) < 4.78 is 28.7. The van der Waals surface area contributed by atoms with Crippen molar-refractivity contribution in [1.82, 2.24) is 0 Å². The second kappa shape index (κ2) is 7.84. The zero-order chi connectivity index (χ0) is 24.3. The largest absolute Gasteiger partial charge is 0.508 e. The van der Waals surface area contributed by atoms with Crippen LogP contribution in [-0.4, -0.2) is 25.0 Å². The quantitative estimate of drug-likeness (QED) is 0.307. The Balaban J connectivity index is 1.39. The number of aromatic hydroxyl groups is 1. The van der Waals surface area contributed by atoms with Crippen molar-refractivity contribution in [2.45, 2.75) is 29.7 Å². The molecule has 6 rings (SSSR count). The lowest BCUT2D eigenvalue weighted by molar-refractivity contribution is -0.385. The van der Waals surface area contributed by atoms with Gasteiger partial charge in [-0.05, 0) is 60.2 Å². The predicted molar refractivity (Wildman–Crippen MR) is 132 cm³/mol. The highest BCUT2D eigenvalue weighted by Crippen LogP contribution is 2.52. The van der Waals surface area contributed by atoms with Crippen molar-refractivity contribution in [3.8, 4) is 5.75 Å². The number of nitro benzene ring substituents is 1. The van der Waals surface area contributed by atoms with Gasteiger partial charge in [0.05, 0.1) is 21.5 Å². The fourth-order valence-corrected chi connectivity index (χ4v) is 7.17. The minimum absolute atomic E-state index is 0.00547. The summed E-state index contributed by atoms with van der Waals surface area (Å²) in [6.07, 6.45) is 5.50. The predicted octanol–water partition coefficient (Wildman–Crippen LogP) is 4.88. The van der Waals surface area contributed by atoms with E-state index >= 15 is 0 Å².